The minimum atomic E-state index is -4.37. The molecule has 0 spiro atoms. The standard InChI is InChI=1S/C11H11Br2F3O/c12-5-1-2-6-17-8-3-4-10(13)9(7-8)11(14,15)16/h3-4,7H,1-2,5-6H2. The van der Waals surface area contributed by atoms with Crippen molar-refractivity contribution < 1.29 is 17.9 Å². The predicted molar refractivity (Wildman–Crippen MR) is 67.7 cm³/mol. The number of ether oxygens (including phenoxy) is 1. The van der Waals surface area contributed by atoms with Crippen LogP contribution in [-0.2, 0) is 6.18 Å². The molecule has 6 heteroatoms. The van der Waals surface area contributed by atoms with Crippen molar-refractivity contribution in [3.8, 4) is 5.75 Å². The van der Waals surface area contributed by atoms with Crippen LogP contribution in [0.25, 0.3) is 0 Å². The molecule has 1 nitrogen and oxygen atoms in total. The fourth-order valence-electron chi connectivity index (χ4n) is 1.20. The monoisotopic (exact) mass is 374 g/mol. The fourth-order valence-corrected chi connectivity index (χ4v) is 2.07. The number of rotatable bonds is 5. The van der Waals surface area contributed by atoms with Gasteiger partial charge in [-0.1, -0.05) is 31.9 Å². The zero-order valence-electron chi connectivity index (χ0n) is 8.86. The van der Waals surface area contributed by atoms with Crippen LogP contribution < -0.4 is 4.74 Å². The van der Waals surface area contributed by atoms with Gasteiger partial charge in [-0.25, -0.2) is 0 Å². The summed E-state index contributed by atoms with van der Waals surface area (Å²) in [6.45, 7) is 0.421. The highest BCUT2D eigenvalue weighted by molar-refractivity contribution is 9.10. The van der Waals surface area contributed by atoms with E-state index < -0.39 is 11.7 Å². The molecule has 0 atom stereocenters. The number of alkyl halides is 4. The summed E-state index contributed by atoms with van der Waals surface area (Å²) in [5, 5.41) is 0.866. The van der Waals surface area contributed by atoms with Crippen molar-refractivity contribution in [3.05, 3.63) is 28.2 Å². The van der Waals surface area contributed by atoms with Crippen LogP contribution >= 0.6 is 31.9 Å². The smallest absolute Gasteiger partial charge is 0.417 e. The lowest BCUT2D eigenvalue weighted by Gasteiger charge is -2.12. The molecule has 0 saturated carbocycles. The van der Waals surface area contributed by atoms with E-state index in [1.165, 1.54) is 12.1 Å². The normalized spacial score (nSPS) is 11.6. The molecule has 0 unspecified atom stereocenters. The lowest BCUT2D eigenvalue weighted by atomic mass is 10.2. The molecule has 0 aliphatic rings. The Morgan fingerprint density at radius 2 is 1.88 bits per heavy atom. The van der Waals surface area contributed by atoms with Crippen LogP contribution in [0, 0.1) is 0 Å². The Balaban J connectivity index is 2.69. The minimum Gasteiger partial charge on any atom is -0.494 e. The van der Waals surface area contributed by atoms with Crippen molar-refractivity contribution in [2.75, 3.05) is 11.9 Å². The first-order valence-electron chi connectivity index (χ1n) is 5.00. The number of hydrogen-bond donors (Lipinski definition) is 0. The van der Waals surface area contributed by atoms with Gasteiger partial charge in [0.05, 0.1) is 12.2 Å². The molecule has 0 amide bonds. The third-order valence-electron chi connectivity index (χ3n) is 2.04. The SMILES string of the molecule is FC(F)(F)c1cc(OCCCCBr)ccc1Br. The number of unbranched alkanes of at least 4 members (excludes halogenated alkanes) is 1. The van der Waals surface area contributed by atoms with Gasteiger partial charge in [-0.3, -0.25) is 0 Å². The van der Waals surface area contributed by atoms with Gasteiger partial charge in [0.1, 0.15) is 5.75 Å². The first-order chi connectivity index (χ1) is 7.95. The average Bonchev–Trinajstić information content (AvgIpc) is 2.25. The van der Waals surface area contributed by atoms with Gasteiger partial charge in [-0.05, 0) is 31.0 Å². The summed E-state index contributed by atoms with van der Waals surface area (Å²) in [6.07, 6.45) is -2.63. The van der Waals surface area contributed by atoms with Gasteiger partial charge in [0.15, 0.2) is 0 Å². The summed E-state index contributed by atoms with van der Waals surface area (Å²) in [5.41, 5.74) is -0.713. The Kier molecular flexibility index (Phi) is 5.79. The molecular weight excluding hydrogens is 365 g/mol. The van der Waals surface area contributed by atoms with Crippen molar-refractivity contribution in [2.45, 2.75) is 19.0 Å². The van der Waals surface area contributed by atoms with Crippen LogP contribution in [0.15, 0.2) is 22.7 Å². The van der Waals surface area contributed by atoms with E-state index in [0.29, 0.717) is 6.61 Å². The lowest BCUT2D eigenvalue weighted by molar-refractivity contribution is -0.138. The third kappa shape index (κ3) is 4.87. The van der Waals surface area contributed by atoms with E-state index in [-0.39, 0.29) is 10.2 Å². The highest BCUT2D eigenvalue weighted by Gasteiger charge is 2.33. The lowest BCUT2D eigenvalue weighted by Crippen LogP contribution is -2.07. The van der Waals surface area contributed by atoms with Crippen molar-refractivity contribution in [1.82, 2.24) is 0 Å². The maximum absolute atomic E-state index is 12.6. The molecule has 0 aliphatic carbocycles. The second-order valence-corrected chi connectivity index (χ2v) is 5.03. The summed E-state index contributed by atoms with van der Waals surface area (Å²) in [5.74, 6) is 0.245. The molecule has 0 saturated heterocycles. The zero-order chi connectivity index (χ0) is 12.9. The molecule has 0 fully saturated rings. The molecular formula is C11H11Br2F3O. The molecule has 0 aromatic heterocycles. The van der Waals surface area contributed by atoms with Gasteiger partial charge in [0, 0.05) is 9.80 Å². The second-order valence-electron chi connectivity index (χ2n) is 3.38. The number of benzene rings is 1. The van der Waals surface area contributed by atoms with Crippen LogP contribution in [-0.4, -0.2) is 11.9 Å². The van der Waals surface area contributed by atoms with Gasteiger partial charge >= 0.3 is 6.18 Å². The number of hydrogen-bond acceptors (Lipinski definition) is 1. The van der Waals surface area contributed by atoms with Gasteiger partial charge in [0.25, 0.3) is 0 Å². The van der Waals surface area contributed by atoms with Gasteiger partial charge in [0.2, 0.25) is 0 Å². The second kappa shape index (κ2) is 6.64. The Morgan fingerprint density at radius 3 is 2.47 bits per heavy atom. The Bertz CT molecular complexity index is 366. The summed E-state index contributed by atoms with van der Waals surface area (Å²) in [7, 11) is 0. The number of halogens is 5. The van der Waals surface area contributed by atoms with Crippen LogP contribution in [0.5, 0.6) is 5.75 Å². The van der Waals surface area contributed by atoms with E-state index in [2.05, 4.69) is 31.9 Å². The van der Waals surface area contributed by atoms with E-state index in [1.54, 1.807) is 0 Å². The molecule has 17 heavy (non-hydrogen) atoms. The summed E-state index contributed by atoms with van der Waals surface area (Å²) in [4.78, 5) is 0. The van der Waals surface area contributed by atoms with Gasteiger partial charge < -0.3 is 4.74 Å². The summed E-state index contributed by atoms with van der Waals surface area (Å²) >= 11 is 6.15. The molecule has 0 bridgehead atoms. The van der Waals surface area contributed by atoms with Crippen molar-refractivity contribution in [1.29, 1.82) is 0 Å². The highest BCUT2D eigenvalue weighted by Crippen LogP contribution is 2.36. The quantitative estimate of drug-likeness (QED) is 0.518. The van der Waals surface area contributed by atoms with Crippen molar-refractivity contribution in [2.24, 2.45) is 0 Å². The zero-order valence-corrected chi connectivity index (χ0v) is 12.0. The van der Waals surface area contributed by atoms with E-state index in [4.69, 9.17) is 4.74 Å². The fraction of sp³-hybridized carbons (Fsp3) is 0.455. The van der Waals surface area contributed by atoms with Crippen LogP contribution in [0.4, 0.5) is 13.2 Å². The topological polar surface area (TPSA) is 9.23 Å². The molecule has 0 aliphatic heterocycles. The molecule has 1 aromatic rings. The van der Waals surface area contributed by atoms with E-state index in [0.717, 1.165) is 24.2 Å². The van der Waals surface area contributed by atoms with E-state index in [1.807, 2.05) is 0 Å². The molecule has 96 valence electrons. The molecule has 1 rings (SSSR count). The van der Waals surface area contributed by atoms with E-state index >= 15 is 0 Å². The maximum atomic E-state index is 12.6. The van der Waals surface area contributed by atoms with Crippen molar-refractivity contribution >= 4 is 31.9 Å². The van der Waals surface area contributed by atoms with Gasteiger partial charge in [-0.15, -0.1) is 0 Å². The average molecular weight is 376 g/mol. The Labute approximate surface area is 115 Å². The Morgan fingerprint density at radius 1 is 1.18 bits per heavy atom. The minimum absolute atomic E-state index is 0.0257. The molecule has 0 radical (unpaired) electrons. The van der Waals surface area contributed by atoms with Crippen LogP contribution in [0.3, 0.4) is 0 Å². The molecule has 0 N–H and O–H groups in total. The summed E-state index contributed by atoms with van der Waals surface area (Å²) < 4.78 is 43.0. The highest BCUT2D eigenvalue weighted by atomic mass is 79.9. The Hall–Kier alpha value is -0.230. The molecule has 0 heterocycles. The largest absolute Gasteiger partial charge is 0.494 e. The van der Waals surface area contributed by atoms with Crippen LogP contribution in [0.1, 0.15) is 18.4 Å². The maximum Gasteiger partial charge on any atom is 0.417 e. The first-order valence-corrected chi connectivity index (χ1v) is 6.92. The molecule has 1 aromatic carbocycles. The first kappa shape index (κ1) is 14.8. The van der Waals surface area contributed by atoms with Gasteiger partial charge in [-0.2, -0.15) is 13.2 Å². The predicted octanol–water partition coefficient (Wildman–Crippen LogP) is 5.02. The van der Waals surface area contributed by atoms with E-state index in [9.17, 15) is 13.2 Å². The summed E-state index contributed by atoms with van der Waals surface area (Å²) in [6, 6.07) is 3.88. The van der Waals surface area contributed by atoms with Crippen LogP contribution in [0.2, 0.25) is 0 Å². The third-order valence-corrected chi connectivity index (χ3v) is 3.29. The van der Waals surface area contributed by atoms with Crippen molar-refractivity contribution in [3.63, 3.8) is 0 Å².